The molecule has 0 bridgehead atoms. The second kappa shape index (κ2) is 6.25. The summed E-state index contributed by atoms with van der Waals surface area (Å²) >= 11 is 0. The SMILES string of the molecule is CC(=O)N[C@H]1C(O)[C@H](O)C(COP(=O)(O)O)O[C@H]1O. The molecule has 1 aliphatic heterocycles. The monoisotopic (exact) mass is 301 g/mol. The summed E-state index contributed by atoms with van der Waals surface area (Å²) in [7, 11) is -4.76. The smallest absolute Gasteiger partial charge is 0.388 e. The maximum Gasteiger partial charge on any atom is 0.469 e. The number of amides is 1. The van der Waals surface area contributed by atoms with Crippen LogP contribution in [-0.2, 0) is 18.6 Å². The lowest BCUT2D eigenvalue weighted by Gasteiger charge is -2.40. The van der Waals surface area contributed by atoms with Crippen LogP contribution >= 0.6 is 7.82 Å². The molecule has 0 aromatic heterocycles. The molecule has 5 atom stereocenters. The van der Waals surface area contributed by atoms with Gasteiger partial charge >= 0.3 is 7.82 Å². The number of hydrogen-bond acceptors (Lipinski definition) is 7. The number of nitrogens with one attached hydrogen (secondary N) is 1. The molecule has 112 valence electrons. The first kappa shape index (κ1) is 16.5. The van der Waals surface area contributed by atoms with Crippen LogP contribution in [0.1, 0.15) is 6.92 Å². The summed E-state index contributed by atoms with van der Waals surface area (Å²) < 4.78 is 19.5. The number of phosphoric acid groups is 1. The molecular weight excluding hydrogens is 285 g/mol. The van der Waals surface area contributed by atoms with Crippen molar-refractivity contribution < 1.29 is 43.7 Å². The Hall–Kier alpha value is -0.580. The van der Waals surface area contributed by atoms with E-state index in [1.807, 2.05) is 0 Å². The number of phosphoric ester groups is 1. The predicted molar refractivity (Wildman–Crippen MR) is 58.5 cm³/mol. The van der Waals surface area contributed by atoms with E-state index in [0.717, 1.165) is 6.92 Å². The zero-order chi connectivity index (χ0) is 14.8. The standard InChI is InChI=1S/C8H16NO9P/c1-3(10)9-5-7(12)6(11)4(18-8(5)13)2-17-19(14,15)16/h4-8,11-13H,2H2,1H3,(H,9,10)(H2,14,15,16)/t4?,5-,6+,7?,8+/m0/s1. The molecule has 1 rings (SSSR count). The molecule has 2 unspecified atom stereocenters. The Kier molecular flexibility index (Phi) is 5.42. The zero-order valence-corrected chi connectivity index (χ0v) is 10.8. The van der Waals surface area contributed by atoms with Gasteiger partial charge in [-0.25, -0.2) is 4.57 Å². The van der Waals surface area contributed by atoms with Crippen LogP contribution in [0.15, 0.2) is 0 Å². The van der Waals surface area contributed by atoms with Gasteiger partial charge < -0.3 is 35.2 Å². The van der Waals surface area contributed by atoms with Crippen LogP contribution < -0.4 is 5.32 Å². The summed E-state index contributed by atoms with van der Waals surface area (Å²) in [6, 6.07) is -1.25. The molecule has 11 heteroatoms. The Morgan fingerprint density at radius 1 is 1.32 bits per heavy atom. The Balaban J connectivity index is 2.66. The minimum absolute atomic E-state index is 0.552. The Bertz CT molecular complexity index is 371. The fourth-order valence-corrected chi connectivity index (χ4v) is 1.99. The largest absolute Gasteiger partial charge is 0.469 e. The highest BCUT2D eigenvalue weighted by molar-refractivity contribution is 7.46. The minimum atomic E-state index is -4.76. The summed E-state index contributed by atoms with van der Waals surface area (Å²) in [6.45, 7) is 0.418. The Morgan fingerprint density at radius 3 is 2.37 bits per heavy atom. The lowest BCUT2D eigenvalue weighted by atomic mass is 9.97. The molecule has 0 aromatic carbocycles. The lowest BCUT2D eigenvalue weighted by Crippen LogP contribution is -2.64. The fraction of sp³-hybridized carbons (Fsp3) is 0.875. The Labute approximate surface area is 108 Å². The predicted octanol–water partition coefficient (Wildman–Crippen LogP) is -2.96. The molecule has 0 aliphatic carbocycles. The van der Waals surface area contributed by atoms with E-state index >= 15 is 0 Å². The van der Waals surface area contributed by atoms with Crippen LogP contribution in [0.3, 0.4) is 0 Å². The molecule has 0 radical (unpaired) electrons. The van der Waals surface area contributed by atoms with Crippen molar-refractivity contribution in [3.05, 3.63) is 0 Å². The van der Waals surface area contributed by atoms with Gasteiger partial charge in [0, 0.05) is 6.92 Å². The normalized spacial score (nSPS) is 36.0. The minimum Gasteiger partial charge on any atom is -0.388 e. The highest BCUT2D eigenvalue weighted by Gasteiger charge is 2.44. The lowest BCUT2D eigenvalue weighted by molar-refractivity contribution is -0.252. The molecule has 0 saturated carbocycles. The number of ether oxygens (including phenoxy) is 1. The van der Waals surface area contributed by atoms with Gasteiger partial charge in [0.05, 0.1) is 6.61 Å². The van der Waals surface area contributed by atoms with E-state index < -0.39 is 51.0 Å². The molecule has 10 nitrogen and oxygen atoms in total. The number of carbonyl (C=O) groups excluding carboxylic acids is 1. The highest BCUT2D eigenvalue weighted by Crippen LogP contribution is 2.36. The Morgan fingerprint density at radius 2 is 1.89 bits per heavy atom. The summed E-state index contributed by atoms with van der Waals surface area (Å²) in [4.78, 5) is 27.9. The summed E-state index contributed by atoms with van der Waals surface area (Å²) in [5.74, 6) is -0.552. The zero-order valence-electron chi connectivity index (χ0n) is 9.91. The van der Waals surface area contributed by atoms with Crippen LogP contribution in [0.2, 0.25) is 0 Å². The molecule has 19 heavy (non-hydrogen) atoms. The van der Waals surface area contributed by atoms with Crippen molar-refractivity contribution in [2.45, 2.75) is 37.6 Å². The molecule has 1 heterocycles. The third kappa shape index (κ3) is 4.79. The van der Waals surface area contributed by atoms with Gasteiger partial charge in [0.25, 0.3) is 0 Å². The number of aliphatic hydroxyl groups is 3. The van der Waals surface area contributed by atoms with E-state index in [0.29, 0.717) is 0 Å². The topological polar surface area (TPSA) is 166 Å². The van der Waals surface area contributed by atoms with Gasteiger partial charge in [-0.2, -0.15) is 0 Å². The van der Waals surface area contributed by atoms with Gasteiger partial charge in [-0.15, -0.1) is 0 Å². The highest BCUT2D eigenvalue weighted by atomic mass is 31.2. The summed E-state index contributed by atoms with van der Waals surface area (Å²) in [5, 5.41) is 31.1. The first-order valence-corrected chi connectivity index (χ1v) is 6.81. The molecule has 0 spiro atoms. The van der Waals surface area contributed by atoms with E-state index in [2.05, 4.69) is 9.84 Å². The first-order chi connectivity index (χ1) is 8.61. The van der Waals surface area contributed by atoms with Crippen molar-refractivity contribution in [3.63, 3.8) is 0 Å². The molecule has 1 saturated heterocycles. The van der Waals surface area contributed by atoms with Gasteiger partial charge in [0.15, 0.2) is 6.29 Å². The maximum atomic E-state index is 10.9. The van der Waals surface area contributed by atoms with Crippen LogP contribution in [-0.4, -0.2) is 68.3 Å². The van der Waals surface area contributed by atoms with Crippen molar-refractivity contribution in [1.82, 2.24) is 5.32 Å². The quantitative estimate of drug-likeness (QED) is 0.297. The van der Waals surface area contributed by atoms with Crippen molar-refractivity contribution in [1.29, 1.82) is 0 Å². The van der Waals surface area contributed by atoms with Crippen LogP contribution in [0.5, 0.6) is 0 Å². The van der Waals surface area contributed by atoms with E-state index in [1.54, 1.807) is 0 Å². The molecule has 6 N–H and O–H groups in total. The van der Waals surface area contributed by atoms with Crippen molar-refractivity contribution in [2.24, 2.45) is 0 Å². The number of rotatable bonds is 4. The number of hydrogen-bond donors (Lipinski definition) is 6. The van der Waals surface area contributed by atoms with Crippen molar-refractivity contribution >= 4 is 13.7 Å². The average molecular weight is 301 g/mol. The number of carbonyl (C=O) groups is 1. The average Bonchev–Trinajstić information content (AvgIpc) is 2.26. The second-order valence-electron chi connectivity index (χ2n) is 4.06. The van der Waals surface area contributed by atoms with Crippen molar-refractivity contribution in [2.75, 3.05) is 6.61 Å². The maximum absolute atomic E-state index is 10.9. The molecule has 1 amide bonds. The molecule has 1 aliphatic rings. The summed E-state index contributed by atoms with van der Waals surface area (Å²) in [5.41, 5.74) is 0. The molecular formula is C8H16NO9P. The van der Waals surface area contributed by atoms with Gasteiger partial charge in [-0.05, 0) is 0 Å². The van der Waals surface area contributed by atoms with Crippen molar-refractivity contribution in [3.8, 4) is 0 Å². The van der Waals surface area contributed by atoms with Crippen LogP contribution in [0, 0.1) is 0 Å². The van der Waals surface area contributed by atoms with E-state index in [-0.39, 0.29) is 0 Å². The van der Waals surface area contributed by atoms with E-state index in [4.69, 9.17) is 14.5 Å². The second-order valence-corrected chi connectivity index (χ2v) is 5.30. The fourth-order valence-electron chi connectivity index (χ4n) is 1.65. The summed E-state index contributed by atoms with van der Waals surface area (Å²) in [6.07, 6.45) is -6.15. The molecule has 1 fully saturated rings. The van der Waals surface area contributed by atoms with Gasteiger partial charge in [0.2, 0.25) is 5.91 Å². The van der Waals surface area contributed by atoms with E-state index in [9.17, 15) is 24.7 Å². The van der Waals surface area contributed by atoms with E-state index in [1.165, 1.54) is 0 Å². The van der Waals surface area contributed by atoms with Gasteiger partial charge in [0.1, 0.15) is 24.4 Å². The van der Waals surface area contributed by atoms with Gasteiger partial charge in [-0.3, -0.25) is 9.32 Å². The van der Waals surface area contributed by atoms with Gasteiger partial charge in [-0.1, -0.05) is 0 Å². The van der Waals surface area contributed by atoms with Crippen LogP contribution in [0.25, 0.3) is 0 Å². The third-order valence-corrected chi connectivity index (χ3v) is 2.98. The molecule has 0 aromatic rings. The third-order valence-electron chi connectivity index (χ3n) is 2.50. The number of aliphatic hydroxyl groups excluding tert-OH is 3. The van der Waals surface area contributed by atoms with Crippen LogP contribution in [0.4, 0.5) is 0 Å². The first-order valence-electron chi connectivity index (χ1n) is 5.28.